The number of nitro benzene ring substituents is 1. The van der Waals surface area contributed by atoms with Crippen molar-refractivity contribution in [2.75, 3.05) is 6.54 Å². The normalized spacial score (nSPS) is 9.54. The Kier molecular flexibility index (Phi) is 6.17. The number of benzene rings is 2. The van der Waals surface area contributed by atoms with Gasteiger partial charge >= 0.3 is 6.09 Å². The van der Waals surface area contributed by atoms with Crippen LogP contribution in [0, 0.1) is 22.0 Å². The molecule has 0 aliphatic carbocycles. The Balaban J connectivity index is 1.85. The van der Waals surface area contributed by atoms with Crippen LogP contribution in [0.2, 0.25) is 5.02 Å². The number of ether oxygens (including phenoxy) is 1. The number of hydrogen-bond acceptors (Lipinski definition) is 4. The first-order chi connectivity index (χ1) is 11.6. The largest absolute Gasteiger partial charge is 0.445 e. The van der Waals surface area contributed by atoms with Crippen molar-refractivity contribution < 1.29 is 14.5 Å². The highest BCUT2D eigenvalue weighted by molar-refractivity contribution is 6.30. The Hall–Kier alpha value is -3.04. The van der Waals surface area contributed by atoms with E-state index in [-0.39, 0.29) is 29.4 Å². The van der Waals surface area contributed by atoms with Gasteiger partial charge in [-0.1, -0.05) is 53.8 Å². The van der Waals surface area contributed by atoms with Gasteiger partial charge in [-0.3, -0.25) is 10.1 Å². The molecule has 0 unspecified atom stereocenters. The summed E-state index contributed by atoms with van der Waals surface area (Å²) in [6, 6.07) is 13.4. The van der Waals surface area contributed by atoms with Crippen LogP contribution >= 0.6 is 11.6 Å². The summed E-state index contributed by atoms with van der Waals surface area (Å²) in [6.07, 6.45) is -0.612. The summed E-state index contributed by atoms with van der Waals surface area (Å²) in [4.78, 5) is 21.9. The van der Waals surface area contributed by atoms with Gasteiger partial charge in [0.15, 0.2) is 0 Å². The van der Waals surface area contributed by atoms with Crippen molar-refractivity contribution >= 4 is 23.4 Å². The van der Waals surface area contributed by atoms with Gasteiger partial charge in [0.1, 0.15) is 12.2 Å². The molecule has 0 fully saturated rings. The molecule has 1 amide bonds. The van der Waals surface area contributed by atoms with Gasteiger partial charge in [-0.2, -0.15) is 0 Å². The maximum absolute atomic E-state index is 11.5. The van der Waals surface area contributed by atoms with E-state index < -0.39 is 11.0 Å². The lowest BCUT2D eigenvalue weighted by Crippen LogP contribution is -2.24. The van der Waals surface area contributed by atoms with Crippen molar-refractivity contribution in [1.82, 2.24) is 5.32 Å². The molecule has 122 valence electrons. The van der Waals surface area contributed by atoms with Crippen molar-refractivity contribution in [2.24, 2.45) is 0 Å². The van der Waals surface area contributed by atoms with Gasteiger partial charge in [0.05, 0.1) is 11.5 Å². The van der Waals surface area contributed by atoms with E-state index in [1.54, 1.807) is 0 Å². The number of amides is 1. The van der Waals surface area contributed by atoms with Crippen molar-refractivity contribution in [1.29, 1.82) is 0 Å². The fourth-order valence-electron chi connectivity index (χ4n) is 1.79. The van der Waals surface area contributed by atoms with Crippen molar-refractivity contribution in [3.63, 3.8) is 0 Å². The quantitative estimate of drug-likeness (QED) is 0.522. The Morgan fingerprint density at radius 2 is 2.00 bits per heavy atom. The summed E-state index contributed by atoms with van der Waals surface area (Å²) in [7, 11) is 0. The van der Waals surface area contributed by atoms with Crippen LogP contribution in [0.4, 0.5) is 10.5 Å². The van der Waals surface area contributed by atoms with Crippen molar-refractivity contribution in [3.05, 3.63) is 74.8 Å². The molecule has 0 aliphatic heterocycles. The molecule has 0 radical (unpaired) electrons. The third kappa shape index (κ3) is 5.30. The summed E-state index contributed by atoms with van der Waals surface area (Å²) in [6.45, 7) is 0.163. The number of alkyl carbamates (subject to hydrolysis) is 1. The maximum Gasteiger partial charge on any atom is 0.408 e. The van der Waals surface area contributed by atoms with Crippen LogP contribution in [0.25, 0.3) is 0 Å². The molecule has 0 aliphatic rings. The number of hydrogen-bond donors (Lipinski definition) is 1. The Morgan fingerprint density at radius 1 is 1.25 bits per heavy atom. The first-order valence-electron chi connectivity index (χ1n) is 6.93. The average molecular weight is 345 g/mol. The third-order valence-electron chi connectivity index (χ3n) is 2.91. The smallest absolute Gasteiger partial charge is 0.408 e. The molecule has 0 spiro atoms. The molecule has 2 aromatic carbocycles. The standard InChI is InChI=1S/C17H13ClN2O4/c18-15-9-8-14(16(11-15)20(22)23)7-4-10-19-17(21)24-12-13-5-2-1-3-6-13/h1-3,5-6,8-9,11H,10,12H2,(H,19,21). The molecule has 0 aromatic heterocycles. The van der Waals surface area contributed by atoms with E-state index in [1.807, 2.05) is 30.3 Å². The molecule has 6 nitrogen and oxygen atoms in total. The molecule has 7 heteroatoms. The summed E-state index contributed by atoms with van der Waals surface area (Å²) in [5.74, 6) is 5.27. The zero-order valence-corrected chi connectivity index (χ0v) is 13.2. The Labute approximate surface area is 143 Å². The summed E-state index contributed by atoms with van der Waals surface area (Å²) in [5, 5.41) is 13.6. The third-order valence-corrected chi connectivity index (χ3v) is 3.15. The molecule has 2 rings (SSSR count). The number of nitro groups is 1. The molecule has 24 heavy (non-hydrogen) atoms. The van der Waals surface area contributed by atoms with Gasteiger partial charge < -0.3 is 10.1 Å². The zero-order valence-electron chi connectivity index (χ0n) is 12.5. The second kappa shape index (κ2) is 8.56. The van der Waals surface area contributed by atoms with Crippen LogP contribution in [0.1, 0.15) is 11.1 Å². The molecule has 0 saturated carbocycles. The molecular formula is C17H13ClN2O4. The highest BCUT2D eigenvalue weighted by Crippen LogP contribution is 2.22. The van der Waals surface area contributed by atoms with Crippen LogP contribution in [-0.4, -0.2) is 17.6 Å². The fourth-order valence-corrected chi connectivity index (χ4v) is 1.96. The minimum Gasteiger partial charge on any atom is -0.445 e. The lowest BCUT2D eigenvalue weighted by Gasteiger charge is -2.04. The number of carbonyl (C=O) groups is 1. The SMILES string of the molecule is O=C(NCC#Cc1ccc(Cl)cc1[N+](=O)[O-])OCc1ccccc1. The van der Waals surface area contributed by atoms with E-state index in [0.717, 1.165) is 5.56 Å². The maximum atomic E-state index is 11.5. The van der Waals surface area contributed by atoms with Gasteiger partial charge in [0, 0.05) is 11.1 Å². The second-order valence-corrected chi connectivity index (χ2v) is 5.07. The van der Waals surface area contributed by atoms with Gasteiger partial charge in [-0.05, 0) is 17.7 Å². The van der Waals surface area contributed by atoms with E-state index in [0.29, 0.717) is 0 Å². The van der Waals surface area contributed by atoms with E-state index in [4.69, 9.17) is 16.3 Å². The summed E-state index contributed by atoms with van der Waals surface area (Å²) >= 11 is 5.72. The minimum atomic E-state index is -0.612. The van der Waals surface area contributed by atoms with E-state index in [2.05, 4.69) is 17.2 Å². The average Bonchev–Trinajstić information content (AvgIpc) is 2.58. The number of nitrogens with one attached hydrogen (secondary N) is 1. The zero-order chi connectivity index (χ0) is 17.4. The number of nitrogens with zero attached hydrogens (tertiary/aromatic N) is 1. The highest BCUT2D eigenvalue weighted by Gasteiger charge is 2.12. The molecule has 0 heterocycles. The molecule has 2 aromatic rings. The first-order valence-corrected chi connectivity index (χ1v) is 7.31. The topological polar surface area (TPSA) is 81.5 Å². The van der Waals surface area contributed by atoms with E-state index >= 15 is 0 Å². The van der Waals surface area contributed by atoms with Gasteiger partial charge in [-0.25, -0.2) is 4.79 Å². The number of carbonyl (C=O) groups excluding carboxylic acids is 1. The van der Waals surface area contributed by atoms with Crippen molar-refractivity contribution in [2.45, 2.75) is 6.61 Å². The molecule has 0 bridgehead atoms. The van der Waals surface area contributed by atoms with Crippen LogP contribution in [0.15, 0.2) is 48.5 Å². The number of rotatable bonds is 4. The lowest BCUT2D eigenvalue weighted by molar-refractivity contribution is -0.385. The molecular weight excluding hydrogens is 332 g/mol. The monoisotopic (exact) mass is 344 g/mol. The van der Waals surface area contributed by atoms with Gasteiger partial charge in [0.25, 0.3) is 5.69 Å². The Morgan fingerprint density at radius 3 is 2.71 bits per heavy atom. The lowest BCUT2D eigenvalue weighted by atomic mass is 10.2. The first kappa shape index (κ1) is 17.3. The van der Waals surface area contributed by atoms with Gasteiger partial charge in [0.2, 0.25) is 0 Å². The molecule has 1 N–H and O–H groups in total. The molecule has 0 atom stereocenters. The van der Waals surface area contributed by atoms with Crippen molar-refractivity contribution in [3.8, 4) is 11.8 Å². The van der Waals surface area contributed by atoms with Crippen LogP contribution < -0.4 is 5.32 Å². The predicted molar refractivity (Wildman–Crippen MR) is 89.6 cm³/mol. The van der Waals surface area contributed by atoms with E-state index in [1.165, 1.54) is 18.2 Å². The highest BCUT2D eigenvalue weighted by atomic mass is 35.5. The fraction of sp³-hybridized carbons (Fsp3) is 0.118. The van der Waals surface area contributed by atoms with Crippen LogP contribution in [-0.2, 0) is 11.3 Å². The van der Waals surface area contributed by atoms with Crippen LogP contribution in [0.5, 0.6) is 0 Å². The van der Waals surface area contributed by atoms with Crippen LogP contribution in [0.3, 0.4) is 0 Å². The Bertz CT molecular complexity index is 797. The van der Waals surface area contributed by atoms with E-state index in [9.17, 15) is 14.9 Å². The summed E-state index contributed by atoms with van der Waals surface area (Å²) < 4.78 is 5.01. The minimum absolute atomic E-state index is 0.00734. The molecule has 0 saturated heterocycles. The summed E-state index contributed by atoms with van der Waals surface area (Å²) in [5.41, 5.74) is 0.918. The second-order valence-electron chi connectivity index (χ2n) is 4.64. The number of halogens is 1. The predicted octanol–water partition coefficient (Wildman–Crippen LogP) is 3.53. The van der Waals surface area contributed by atoms with Gasteiger partial charge in [-0.15, -0.1) is 0 Å².